The van der Waals surface area contributed by atoms with Crippen LogP contribution in [-0.2, 0) is 0 Å². The molecule has 0 radical (unpaired) electrons. The third-order valence-electron chi connectivity index (χ3n) is 2.42. The van der Waals surface area contributed by atoms with Crippen LogP contribution in [-0.4, -0.2) is 12.1 Å². The largest absolute Gasteiger partial charge is 0.495 e. The van der Waals surface area contributed by atoms with Gasteiger partial charge in [0.25, 0.3) is 0 Å². The van der Waals surface area contributed by atoms with Crippen LogP contribution in [0.15, 0.2) is 18.2 Å². The normalized spacial score (nSPS) is 10.5. The zero-order chi connectivity index (χ0) is 11.7. The topological polar surface area (TPSA) is 60.2 Å². The van der Waals surface area contributed by atoms with Crippen LogP contribution in [0.25, 0.3) is 10.9 Å². The van der Waals surface area contributed by atoms with Crippen LogP contribution in [0, 0.1) is 6.92 Å². The number of rotatable bonds is 2. The number of nitrogen functional groups attached to an aromatic ring is 1. The molecule has 0 spiro atoms. The molecule has 0 amide bonds. The smallest absolute Gasteiger partial charge is 0.143 e. The molecule has 4 nitrogen and oxygen atoms in total. The van der Waals surface area contributed by atoms with E-state index in [9.17, 15) is 0 Å². The summed E-state index contributed by atoms with van der Waals surface area (Å²) >= 11 is 6.02. The number of methoxy groups -OCH3 is 1. The summed E-state index contributed by atoms with van der Waals surface area (Å²) in [6.45, 7) is 1.93. The summed E-state index contributed by atoms with van der Waals surface area (Å²) in [4.78, 5) is 4.35. The Kier molecular flexibility index (Phi) is 2.85. The maximum absolute atomic E-state index is 6.02. The first kappa shape index (κ1) is 11.0. The SMILES string of the molecule is COc1cc2cc(C)c(NN)nc2cc1Cl. The zero-order valence-electron chi connectivity index (χ0n) is 9.04. The minimum absolute atomic E-state index is 0.536. The first-order valence-corrected chi connectivity index (χ1v) is 5.15. The van der Waals surface area contributed by atoms with Gasteiger partial charge in [-0.1, -0.05) is 11.6 Å². The second kappa shape index (κ2) is 4.15. The molecule has 0 saturated heterocycles. The summed E-state index contributed by atoms with van der Waals surface area (Å²) < 4.78 is 5.15. The Morgan fingerprint density at radius 3 is 2.75 bits per heavy atom. The van der Waals surface area contributed by atoms with E-state index in [1.165, 1.54) is 0 Å². The van der Waals surface area contributed by atoms with E-state index in [1.807, 2.05) is 19.1 Å². The molecule has 2 aromatic rings. The van der Waals surface area contributed by atoms with Crippen LogP contribution in [0.3, 0.4) is 0 Å². The number of halogens is 1. The molecular weight excluding hydrogens is 226 g/mol. The number of anilines is 1. The summed E-state index contributed by atoms with van der Waals surface area (Å²) in [7, 11) is 1.59. The number of hydrogen-bond donors (Lipinski definition) is 2. The van der Waals surface area contributed by atoms with E-state index in [0.717, 1.165) is 16.5 Å². The van der Waals surface area contributed by atoms with Crippen LogP contribution in [0.1, 0.15) is 5.56 Å². The lowest BCUT2D eigenvalue weighted by Crippen LogP contribution is -2.10. The molecule has 5 heteroatoms. The Bertz CT molecular complexity index is 493. The maximum atomic E-state index is 6.02. The Morgan fingerprint density at radius 1 is 1.38 bits per heavy atom. The van der Waals surface area contributed by atoms with Gasteiger partial charge >= 0.3 is 0 Å². The van der Waals surface area contributed by atoms with Crippen molar-refractivity contribution in [2.24, 2.45) is 5.84 Å². The molecule has 0 aliphatic carbocycles. The number of ether oxygens (including phenoxy) is 1. The number of fused-ring (bicyclic) bond motifs is 1. The van der Waals surface area contributed by atoms with Gasteiger partial charge in [0.15, 0.2) is 0 Å². The molecule has 84 valence electrons. The summed E-state index contributed by atoms with van der Waals surface area (Å²) in [5.41, 5.74) is 4.30. The second-order valence-corrected chi connectivity index (χ2v) is 3.88. The van der Waals surface area contributed by atoms with Gasteiger partial charge in [-0.3, -0.25) is 0 Å². The minimum atomic E-state index is 0.536. The number of hydrazine groups is 1. The molecule has 2 rings (SSSR count). The highest BCUT2D eigenvalue weighted by Crippen LogP contribution is 2.30. The van der Waals surface area contributed by atoms with Crippen molar-refractivity contribution in [2.45, 2.75) is 6.92 Å². The number of hydrogen-bond acceptors (Lipinski definition) is 4. The molecule has 3 N–H and O–H groups in total. The Hall–Kier alpha value is -1.52. The summed E-state index contributed by atoms with van der Waals surface area (Å²) in [6.07, 6.45) is 0. The molecule has 0 aliphatic heterocycles. The van der Waals surface area contributed by atoms with Crippen molar-refractivity contribution in [3.63, 3.8) is 0 Å². The monoisotopic (exact) mass is 237 g/mol. The van der Waals surface area contributed by atoms with Gasteiger partial charge in [0.05, 0.1) is 17.6 Å². The molecule has 0 bridgehead atoms. The van der Waals surface area contributed by atoms with Crippen LogP contribution >= 0.6 is 11.6 Å². The number of nitrogens with zero attached hydrogens (tertiary/aromatic N) is 1. The molecule has 16 heavy (non-hydrogen) atoms. The molecular formula is C11H12ClN3O. The molecule has 0 aliphatic rings. The molecule has 0 atom stereocenters. The van der Waals surface area contributed by atoms with E-state index < -0.39 is 0 Å². The Labute approximate surface area is 98.3 Å². The number of aromatic nitrogens is 1. The number of pyridine rings is 1. The lowest BCUT2D eigenvalue weighted by atomic mass is 10.1. The highest BCUT2D eigenvalue weighted by atomic mass is 35.5. The molecule has 1 aromatic heterocycles. The summed E-state index contributed by atoms with van der Waals surface area (Å²) in [6, 6.07) is 5.60. The number of aryl methyl sites for hydroxylation is 1. The van der Waals surface area contributed by atoms with Crippen LogP contribution in [0.5, 0.6) is 5.75 Å². The fraction of sp³-hybridized carbons (Fsp3) is 0.182. The minimum Gasteiger partial charge on any atom is -0.495 e. The van der Waals surface area contributed by atoms with Crippen LogP contribution < -0.4 is 16.0 Å². The van der Waals surface area contributed by atoms with Gasteiger partial charge in [0.1, 0.15) is 11.6 Å². The Balaban J connectivity index is 2.71. The van der Waals surface area contributed by atoms with E-state index in [2.05, 4.69) is 10.4 Å². The fourth-order valence-electron chi connectivity index (χ4n) is 1.58. The van der Waals surface area contributed by atoms with Gasteiger partial charge in [0.2, 0.25) is 0 Å². The van der Waals surface area contributed by atoms with Crippen molar-refractivity contribution in [3.8, 4) is 5.75 Å². The standard InChI is InChI=1S/C11H12ClN3O/c1-6-3-7-4-10(16-2)8(12)5-9(7)14-11(6)15-13/h3-5H,13H2,1-2H3,(H,14,15). The predicted molar refractivity (Wildman–Crippen MR) is 65.9 cm³/mol. The third kappa shape index (κ3) is 1.77. The van der Waals surface area contributed by atoms with Crippen molar-refractivity contribution in [2.75, 3.05) is 12.5 Å². The third-order valence-corrected chi connectivity index (χ3v) is 2.71. The van der Waals surface area contributed by atoms with Gasteiger partial charge < -0.3 is 10.2 Å². The number of benzene rings is 1. The van der Waals surface area contributed by atoms with Crippen LogP contribution in [0.4, 0.5) is 5.82 Å². The van der Waals surface area contributed by atoms with Crippen molar-refractivity contribution >= 4 is 28.3 Å². The van der Waals surface area contributed by atoms with Crippen LogP contribution in [0.2, 0.25) is 5.02 Å². The predicted octanol–water partition coefficient (Wildman–Crippen LogP) is 2.49. The molecule has 0 fully saturated rings. The van der Waals surface area contributed by atoms with Gasteiger partial charge in [-0.25, -0.2) is 10.8 Å². The quantitative estimate of drug-likeness (QED) is 0.622. The fourth-order valence-corrected chi connectivity index (χ4v) is 1.82. The van der Waals surface area contributed by atoms with E-state index in [1.54, 1.807) is 13.2 Å². The highest BCUT2D eigenvalue weighted by Gasteiger charge is 2.07. The van der Waals surface area contributed by atoms with Gasteiger partial charge in [0, 0.05) is 5.39 Å². The molecule has 0 unspecified atom stereocenters. The number of nitrogens with two attached hydrogens (primary N) is 1. The van der Waals surface area contributed by atoms with Gasteiger partial charge in [-0.05, 0) is 30.7 Å². The van der Waals surface area contributed by atoms with Crippen molar-refractivity contribution in [1.82, 2.24) is 4.98 Å². The van der Waals surface area contributed by atoms with Gasteiger partial charge in [-0.15, -0.1) is 0 Å². The first-order valence-electron chi connectivity index (χ1n) is 4.77. The molecule has 1 heterocycles. The maximum Gasteiger partial charge on any atom is 0.143 e. The van der Waals surface area contributed by atoms with E-state index in [-0.39, 0.29) is 0 Å². The van der Waals surface area contributed by atoms with Crippen molar-refractivity contribution in [3.05, 3.63) is 28.8 Å². The van der Waals surface area contributed by atoms with E-state index in [0.29, 0.717) is 16.6 Å². The van der Waals surface area contributed by atoms with E-state index >= 15 is 0 Å². The average molecular weight is 238 g/mol. The Morgan fingerprint density at radius 2 is 2.12 bits per heavy atom. The zero-order valence-corrected chi connectivity index (χ0v) is 9.80. The highest BCUT2D eigenvalue weighted by molar-refractivity contribution is 6.32. The van der Waals surface area contributed by atoms with Gasteiger partial charge in [-0.2, -0.15) is 0 Å². The van der Waals surface area contributed by atoms with Crippen molar-refractivity contribution < 1.29 is 4.74 Å². The second-order valence-electron chi connectivity index (χ2n) is 3.48. The lowest BCUT2D eigenvalue weighted by Gasteiger charge is -2.08. The first-order chi connectivity index (χ1) is 7.65. The number of nitrogens with one attached hydrogen (secondary N) is 1. The molecule has 1 aromatic carbocycles. The van der Waals surface area contributed by atoms with E-state index in [4.69, 9.17) is 22.2 Å². The van der Waals surface area contributed by atoms with Crippen molar-refractivity contribution in [1.29, 1.82) is 0 Å². The lowest BCUT2D eigenvalue weighted by molar-refractivity contribution is 0.415. The average Bonchev–Trinajstić information content (AvgIpc) is 2.28. The summed E-state index contributed by atoms with van der Waals surface area (Å²) in [5.74, 6) is 6.66. The summed E-state index contributed by atoms with van der Waals surface area (Å²) in [5, 5.41) is 1.51. The molecule has 0 saturated carbocycles.